The molecule has 6 atom stereocenters. The molecule has 21 heavy (non-hydrogen) atoms. The summed E-state index contributed by atoms with van der Waals surface area (Å²) in [5.74, 6) is 2.48. The number of carbonyl (C=O) groups is 1. The monoisotopic (exact) mass is 288 g/mol. The van der Waals surface area contributed by atoms with Gasteiger partial charge >= 0.3 is 0 Å². The maximum Gasteiger partial charge on any atom is 0.139 e. The highest BCUT2D eigenvalue weighted by molar-refractivity contribution is 5.87. The van der Waals surface area contributed by atoms with Crippen LogP contribution in [-0.2, 0) is 4.79 Å². The van der Waals surface area contributed by atoms with E-state index in [2.05, 4.69) is 19.9 Å². The fraction of sp³-hybridized carbons (Fsp3) is 0.842. The van der Waals surface area contributed by atoms with Gasteiger partial charge in [0.15, 0.2) is 0 Å². The van der Waals surface area contributed by atoms with E-state index in [-0.39, 0.29) is 16.9 Å². The van der Waals surface area contributed by atoms with Crippen molar-refractivity contribution in [2.45, 2.75) is 71.3 Å². The Morgan fingerprint density at radius 2 is 1.86 bits per heavy atom. The van der Waals surface area contributed by atoms with Crippen LogP contribution in [0, 0.1) is 28.6 Å². The van der Waals surface area contributed by atoms with Crippen LogP contribution >= 0.6 is 0 Å². The van der Waals surface area contributed by atoms with E-state index in [4.69, 9.17) is 0 Å². The molecule has 0 aromatic carbocycles. The minimum Gasteiger partial charge on any atom is -0.389 e. The predicted octanol–water partition coefficient (Wildman–Crippen LogP) is 3.88. The molecule has 4 aliphatic rings. The van der Waals surface area contributed by atoms with Crippen molar-refractivity contribution in [3.63, 3.8) is 0 Å². The Labute approximate surface area is 128 Å². The Kier molecular flexibility index (Phi) is 2.96. The van der Waals surface area contributed by atoms with Crippen LogP contribution in [0.4, 0.5) is 0 Å². The minimum absolute atomic E-state index is 0.0316. The summed E-state index contributed by atoms with van der Waals surface area (Å²) in [5.41, 5.74) is 1.51. The lowest BCUT2D eigenvalue weighted by atomic mass is 9.48. The van der Waals surface area contributed by atoms with Crippen LogP contribution in [0.3, 0.4) is 0 Å². The maximum absolute atomic E-state index is 12.4. The molecule has 0 saturated heterocycles. The largest absolute Gasteiger partial charge is 0.389 e. The van der Waals surface area contributed by atoms with Crippen molar-refractivity contribution in [3.05, 3.63) is 11.6 Å². The topological polar surface area (TPSA) is 37.3 Å². The van der Waals surface area contributed by atoms with Gasteiger partial charge in [0.2, 0.25) is 0 Å². The van der Waals surface area contributed by atoms with Gasteiger partial charge in [0.25, 0.3) is 0 Å². The number of hydrogen-bond donors (Lipinski definition) is 1. The van der Waals surface area contributed by atoms with Gasteiger partial charge in [-0.05, 0) is 73.7 Å². The molecule has 0 aliphatic heterocycles. The average molecular weight is 288 g/mol. The third-order valence-corrected chi connectivity index (χ3v) is 7.77. The number of Topliss-reactive ketones (excluding diaryl/α,β-unsaturated/α-hetero) is 1. The van der Waals surface area contributed by atoms with E-state index in [1.165, 1.54) is 18.4 Å². The normalized spacial score (nSPS) is 52.7. The first-order valence-electron chi connectivity index (χ1n) is 8.89. The summed E-state index contributed by atoms with van der Waals surface area (Å²) in [6, 6.07) is 0. The summed E-state index contributed by atoms with van der Waals surface area (Å²) in [6.07, 6.45) is 10.8. The van der Waals surface area contributed by atoms with Crippen LogP contribution in [0.5, 0.6) is 0 Å². The molecule has 2 nitrogen and oxygen atoms in total. The molecule has 2 heteroatoms. The molecular weight excluding hydrogens is 260 g/mol. The van der Waals surface area contributed by atoms with Crippen molar-refractivity contribution >= 4 is 5.78 Å². The number of ketones is 1. The van der Waals surface area contributed by atoms with Gasteiger partial charge in [0.05, 0.1) is 6.10 Å². The van der Waals surface area contributed by atoms with Crippen molar-refractivity contribution in [1.82, 2.24) is 0 Å². The molecule has 0 heterocycles. The van der Waals surface area contributed by atoms with Gasteiger partial charge in [-0.25, -0.2) is 0 Å². The molecule has 4 aliphatic carbocycles. The van der Waals surface area contributed by atoms with Crippen molar-refractivity contribution in [2.75, 3.05) is 0 Å². The molecule has 1 N–H and O–H groups in total. The summed E-state index contributed by atoms with van der Waals surface area (Å²) in [5, 5.41) is 10.4. The van der Waals surface area contributed by atoms with Crippen molar-refractivity contribution in [2.24, 2.45) is 28.6 Å². The molecule has 0 aromatic heterocycles. The van der Waals surface area contributed by atoms with Gasteiger partial charge in [0, 0.05) is 11.8 Å². The molecule has 0 aromatic rings. The Morgan fingerprint density at radius 3 is 2.67 bits per heavy atom. The third-order valence-electron chi connectivity index (χ3n) is 7.77. The van der Waals surface area contributed by atoms with Crippen molar-refractivity contribution < 1.29 is 9.90 Å². The molecule has 3 saturated carbocycles. The Hall–Kier alpha value is -0.630. The van der Waals surface area contributed by atoms with E-state index in [0.29, 0.717) is 23.5 Å². The number of aliphatic hydroxyl groups excluding tert-OH is 1. The van der Waals surface area contributed by atoms with Crippen LogP contribution in [0.15, 0.2) is 11.6 Å². The zero-order chi connectivity index (χ0) is 14.8. The summed E-state index contributed by atoms with van der Waals surface area (Å²) < 4.78 is 0. The second-order valence-corrected chi connectivity index (χ2v) is 8.52. The summed E-state index contributed by atoms with van der Waals surface area (Å²) in [6.45, 7) is 4.64. The fourth-order valence-electron chi connectivity index (χ4n) is 6.55. The van der Waals surface area contributed by atoms with Gasteiger partial charge < -0.3 is 5.11 Å². The Balaban J connectivity index is 1.72. The zero-order valence-electron chi connectivity index (χ0n) is 13.4. The van der Waals surface area contributed by atoms with Crippen LogP contribution in [-0.4, -0.2) is 17.0 Å². The number of rotatable bonds is 0. The zero-order valence-corrected chi connectivity index (χ0v) is 13.4. The van der Waals surface area contributed by atoms with E-state index in [9.17, 15) is 9.90 Å². The second kappa shape index (κ2) is 4.44. The summed E-state index contributed by atoms with van der Waals surface area (Å²) in [7, 11) is 0. The number of aliphatic hydroxyl groups is 1. The average Bonchev–Trinajstić information content (AvgIpc) is 2.75. The van der Waals surface area contributed by atoms with E-state index >= 15 is 0 Å². The third kappa shape index (κ3) is 1.72. The van der Waals surface area contributed by atoms with Crippen LogP contribution in [0.2, 0.25) is 0 Å². The van der Waals surface area contributed by atoms with Gasteiger partial charge in [-0.2, -0.15) is 0 Å². The molecule has 4 rings (SSSR count). The maximum atomic E-state index is 12.4. The highest BCUT2D eigenvalue weighted by atomic mass is 16.3. The Bertz CT molecular complexity index is 508. The van der Waals surface area contributed by atoms with E-state index < -0.39 is 0 Å². The number of fused-ring (bicyclic) bond motifs is 5. The van der Waals surface area contributed by atoms with Gasteiger partial charge in [-0.3, -0.25) is 4.79 Å². The first-order chi connectivity index (χ1) is 9.97. The first kappa shape index (κ1) is 14.0. The summed E-state index contributed by atoms with van der Waals surface area (Å²) in [4.78, 5) is 12.4. The molecule has 0 radical (unpaired) electrons. The molecule has 0 amide bonds. The molecular formula is C19H28O2. The molecule has 3 fully saturated rings. The highest BCUT2D eigenvalue weighted by Crippen LogP contribution is 2.63. The van der Waals surface area contributed by atoms with E-state index in [1.807, 2.05) is 0 Å². The first-order valence-corrected chi connectivity index (χ1v) is 8.89. The highest BCUT2D eigenvalue weighted by Gasteiger charge is 2.58. The molecule has 116 valence electrons. The molecule has 1 unspecified atom stereocenters. The lowest BCUT2D eigenvalue weighted by molar-refractivity contribution is -0.132. The predicted molar refractivity (Wildman–Crippen MR) is 82.7 cm³/mol. The van der Waals surface area contributed by atoms with Crippen LogP contribution in [0.1, 0.15) is 65.2 Å². The lowest BCUT2D eigenvalue weighted by Gasteiger charge is -2.57. The quantitative estimate of drug-likeness (QED) is 0.687. The lowest BCUT2D eigenvalue weighted by Crippen LogP contribution is -2.51. The fourth-order valence-corrected chi connectivity index (χ4v) is 6.55. The van der Waals surface area contributed by atoms with Gasteiger partial charge in [-0.1, -0.05) is 19.9 Å². The molecule has 0 bridgehead atoms. The van der Waals surface area contributed by atoms with E-state index in [1.54, 1.807) is 0 Å². The standard InChI is InChI=1S/C19H28O2/c1-18-10-3-4-16(20)15(18)6-5-12-13-7-8-17(21)19(13,2)11-9-14(12)18/h6,12-14,16,20H,3-5,7-11H2,1-2H3/t12-,13-,14-,16?,18+,19-/m0/s1. The number of allylic oxidation sites excluding steroid dienone is 1. The second-order valence-electron chi connectivity index (χ2n) is 8.52. The van der Waals surface area contributed by atoms with Crippen molar-refractivity contribution in [3.8, 4) is 0 Å². The van der Waals surface area contributed by atoms with Crippen molar-refractivity contribution in [1.29, 1.82) is 0 Å². The smallest absolute Gasteiger partial charge is 0.139 e. The summed E-state index contributed by atoms with van der Waals surface area (Å²) >= 11 is 0. The Morgan fingerprint density at radius 1 is 1.10 bits per heavy atom. The minimum atomic E-state index is -0.205. The van der Waals surface area contributed by atoms with Crippen LogP contribution in [0.25, 0.3) is 0 Å². The SMILES string of the molecule is C[C@]12CCCC(O)C1=CC[C@@H]1[C@@H]2CC[C@]2(C)C(=O)CC[C@@H]12. The van der Waals surface area contributed by atoms with Gasteiger partial charge in [-0.15, -0.1) is 0 Å². The van der Waals surface area contributed by atoms with Crippen LogP contribution < -0.4 is 0 Å². The van der Waals surface area contributed by atoms with E-state index in [0.717, 1.165) is 38.5 Å². The molecule has 0 spiro atoms. The van der Waals surface area contributed by atoms with Gasteiger partial charge in [0.1, 0.15) is 5.78 Å². The number of carbonyl (C=O) groups excluding carboxylic acids is 1. The number of hydrogen-bond acceptors (Lipinski definition) is 2.